The van der Waals surface area contributed by atoms with Gasteiger partial charge in [-0.25, -0.2) is 13.6 Å². The summed E-state index contributed by atoms with van der Waals surface area (Å²) >= 11 is 0. The second kappa shape index (κ2) is 6.86. The van der Waals surface area contributed by atoms with Gasteiger partial charge < -0.3 is 9.84 Å². The van der Waals surface area contributed by atoms with Gasteiger partial charge in [-0.05, 0) is 49.1 Å². The maximum absolute atomic E-state index is 13.6. The maximum atomic E-state index is 13.6. The highest BCUT2D eigenvalue weighted by Gasteiger charge is 2.54. The molecule has 1 heterocycles. The molecule has 27 heavy (non-hydrogen) atoms. The van der Waals surface area contributed by atoms with E-state index in [4.69, 9.17) is 4.74 Å². The van der Waals surface area contributed by atoms with Crippen molar-refractivity contribution in [3.8, 4) is 0 Å². The Morgan fingerprint density at radius 2 is 1.70 bits per heavy atom. The van der Waals surface area contributed by atoms with Crippen LogP contribution in [0.5, 0.6) is 0 Å². The lowest BCUT2D eigenvalue weighted by molar-refractivity contribution is -0.144. The minimum absolute atomic E-state index is 0.104. The zero-order chi connectivity index (χ0) is 20.0. The molecule has 0 radical (unpaired) electrons. The fraction of sp³-hybridized carbons (Fsp3) is 0.600. The zero-order valence-electron chi connectivity index (χ0n) is 15.8. The molecule has 1 aromatic rings. The van der Waals surface area contributed by atoms with Crippen molar-refractivity contribution in [3.63, 3.8) is 0 Å². The first-order valence-corrected chi connectivity index (χ1v) is 9.20. The molecule has 1 saturated heterocycles. The van der Waals surface area contributed by atoms with Crippen molar-refractivity contribution in [2.24, 2.45) is 11.3 Å². The van der Waals surface area contributed by atoms with Crippen molar-refractivity contribution in [3.05, 3.63) is 35.4 Å². The van der Waals surface area contributed by atoms with Crippen LogP contribution in [0, 0.1) is 23.0 Å². The zero-order valence-corrected chi connectivity index (χ0v) is 15.8. The number of halogens is 2. The minimum Gasteiger partial charge on any atom is -0.480 e. The van der Waals surface area contributed by atoms with Crippen molar-refractivity contribution in [1.82, 2.24) is 4.90 Å². The number of ether oxygens (including phenoxy) is 1. The van der Waals surface area contributed by atoms with Crippen LogP contribution in [-0.4, -0.2) is 40.3 Å². The molecule has 1 amide bonds. The van der Waals surface area contributed by atoms with Crippen LogP contribution in [0.25, 0.3) is 0 Å². The molecule has 1 spiro atoms. The van der Waals surface area contributed by atoms with Crippen molar-refractivity contribution >= 4 is 11.9 Å². The van der Waals surface area contributed by atoms with E-state index in [1.165, 1.54) is 4.90 Å². The standard InChI is InChI=1S/C20H25F2NO4/c1-19(2,3)13-4-6-20(7-5-13)23(16(11-27-20)18(25)26)17(24)12-8-14(21)10-15(22)9-12/h8-10,13,16H,4-7,11H2,1-3H3,(H,25,26)/t13?,16-,20?/m0/s1. The van der Waals surface area contributed by atoms with Crippen molar-refractivity contribution < 1.29 is 28.2 Å². The van der Waals surface area contributed by atoms with Gasteiger partial charge in [0.15, 0.2) is 6.04 Å². The number of rotatable bonds is 2. The van der Waals surface area contributed by atoms with Crippen LogP contribution in [0.1, 0.15) is 56.8 Å². The lowest BCUT2D eigenvalue weighted by atomic mass is 9.70. The summed E-state index contributed by atoms with van der Waals surface area (Å²) in [6.07, 6.45) is 2.58. The van der Waals surface area contributed by atoms with Crippen molar-refractivity contribution in [2.75, 3.05) is 6.61 Å². The molecule has 1 saturated carbocycles. The second-order valence-corrected chi connectivity index (χ2v) is 8.58. The molecule has 0 bridgehead atoms. The Labute approximate surface area is 157 Å². The summed E-state index contributed by atoms with van der Waals surface area (Å²) in [5.41, 5.74) is -1.14. The van der Waals surface area contributed by atoms with Gasteiger partial charge in [0.2, 0.25) is 0 Å². The molecule has 1 aliphatic carbocycles. The lowest BCUT2D eigenvalue weighted by Crippen LogP contribution is -2.55. The minimum atomic E-state index is -1.19. The van der Waals surface area contributed by atoms with Crippen LogP contribution >= 0.6 is 0 Å². The van der Waals surface area contributed by atoms with Gasteiger partial charge >= 0.3 is 5.97 Å². The largest absolute Gasteiger partial charge is 0.480 e. The van der Waals surface area contributed by atoms with Gasteiger partial charge in [0.1, 0.15) is 17.4 Å². The SMILES string of the molecule is CC(C)(C)C1CCC2(CC1)OC[C@@H](C(=O)O)N2C(=O)c1cc(F)cc(F)c1. The Hall–Kier alpha value is -2.02. The number of nitrogens with zero attached hydrogens (tertiary/aromatic N) is 1. The van der Waals surface area contributed by atoms with E-state index in [1.807, 2.05) is 0 Å². The van der Waals surface area contributed by atoms with E-state index in [1.54, 1.807) is 0 Å². The van der Waals surface area contributed by atoms with E-state index < -0.39 is 35.3 Å². The fourth-order valence-electron chi connectivity index (χ4n) is 4.31. The van der Waals surface area contributed by atoms with Gasteiger partial charge in [-0.15, -0.1) is 0 Å². The fourth-order valence-corrected chi connectivity index (χ4v) is 4.31. The van der Waals surface area contributed by atoms with Gasteiger partial charge in [-0.2, -0.15) is 0 Å². The normalized spacial score (nSPS) is 28.6. The predicted molar refractivity (Wildman–Crippen MR) is 94.0 cm³/mol. The smallest absolute Gasteiger partial charge is 0.328 e. The van der Waals surface area contributed by atoms with E-state index in [-0.39, 0.29) is 17.6 Å². The third-order valence-corrected chi connectivity index (χ3v) is 5.87. The summed E-state index contributed by atoms with van der Waals surface area (Å²) in [5.74, 6) is -3.23. The highest BCUT2D eigenvalue weighted by Crippen LogP contribution is 2.47. The summed E-state index contributed by atoms with van der Waals surface area (Å²) in [5, 5.41) is 9.56. The number of carbonyl (C=O) groups excluding carboxylic acids is 1. The number of hydrogen-bond acceptors (Lipinski definition) is 3. The molecule has 5 nitrogen and oxygen atoms in total. The summed E-state index contributed by atoms with van der Waals surface area (Å²) in [6, 6.07) is 1.36. The van der Waals surface area contributed by atoms with E-state index in [2.05, 4.69) is 20.8 Å². The molecule has 0 aromatic heterocycles. The number of carbonyl (C=O) groups is 2. The summed E-state index contributed by atoms with van der Waals surface area (Å²) in [4.78, 5) is 26.0. The molecule has 1 N–H and O–H groups in total. The van der Waals surface area contributed by atoms with Crippen molar-refractivity contribution in [2.45, 2.75) is 58.2 Å². The first-order valence-electron chi connectivity index (χ1n) is 9.20. The summed E-state index contributed by atoms with van der Waals surface area (Å²) in [7, 11) is 0. The molecule has 1 atom stereocenters. The highest BCUT2D eigenvalue weighted by atomic mass is 19.1. The molecule has 3 rings (SSSR count). The van der Waals surface area contributed by atoms with Gasteiger partial charge in [0.05, 0.1) is 6.61 Å². The van der Waals surface area contributed by atoms with Gasteiger partial charge in [-0.3, -0.25) is 9.69 Å². The van der Waals surface area contributed by atoms with Gasteiger partial charge in [0, 0.05) is 11.6 Å². The number of aliphatic carboxylic acids is 1. The number of benzene rings is 1. The molecule has 0 unspecified atom stereocenters. The number of hydrogen-bond donors (Lipinski definition) is 1. The molecule has 1 aromatic carbocycles. The Morgan fingerprint density at radius 3 is 2.19 bits per heavy atom. The molecule has 1 aliphatic heterocycles. The Kier molecular flexibility index (Phi) is 5.01. The highest BCUT2D eigenvalue weighted by molar-refractivity contribution is 5.97. The summed E-state index contributed by atoms with van der Waals surface area (Å²) in [6.45, 7) is 6.34. The topological polar surface area (TPSA) is 66.8 Å². The number of amides is 1. The monoisotopic (exact) mass is 381 g/mol. The van der Waals surface area contributed by atoms with Crippen LogP contribution in [0.3, 0.4) is 0 Å². The Bertz CT molecular complexity index is 731. The number of carboxylic acids is 1. The maximum Gasteiger partial charge on any atom is 0.328 e. The Morgan fingerprint density at radius 1 is 1.15 bits per heavy atom. The van der Waals surface area contributed by atoms with E-state index in [0.29, 0.717) is 24.8 Å². The molecular weight excluding hydrogens is 356 g/mol. The third-order valence-electron chi connectivity index (χ3n) is 5.87. The number of carboxylic acid groups (broad SMARTS) is 1. The molecule has 2 fully saturated rings. The quantitative estimate of drug-likeness (QED) is 0.846. The molecule has 148 valence electrons. The van der Waals surface area contributed by atoms with E-state index in [9.17, 15) is 23.5 Å². The third kappa shape index (κ3) is 3.70. The van der Waals surface area contributed by atoms with Crippen LogP contribution in [-0.2, 0) is 9.53 Å². The Balaban J connectivity index is 1.93. The average molecular weight is 381 g/mol. The van der Waals surface area contributed by atoms with Crippen LogP contribution < -0.4 is 0 Å². The first-order chi connectivity index (χ1) is 12.5. The van der Waals surface area contributed by atoms with Crippen LogP contribution in [0.15, 0.2) is 18.2 Å². The van der Waals surface area contributed by atoms with E-state index >= 15 is 0 Å². The van der Waals surface area contributed by atoms with E-state index in [0.717, 1.165) is 25.0 Å². The molecule has 2 aliphatic rings. The van der Waals surface area contributed by atoms with Gasteiger partial charge in [-0.1, -0.05) is 20.8 Å². The molecular formula is C20H25F2NO4. The average Bonchev–Trinajstić information content (AvgIpc) is 2.91. The van der Waals surface area contributed by atoms with Crippen LogP contribution in [0.4, 0.5) is 8.78 Å². The van der Waals surface area contributed by atoms with Gasteiger partial charge in [0.25, 0.3) is 5.91 Å². The molecule has 7 heteroatoms. The lowest BCUT2D eigenvalue weighted by Gasteiger charge is -2.46. The van der Waals surface area contributed by atoms with Crippen molar-refractivity contribution in [1.29, 1.82) is 0 Å². The first kappa shape index (κ1) is 19.7. The summed E-state index contributed by atoms with van der Waals surface area (Å²) < 4.78 is 33.0. The van der Waals surface area contributed by atoms with Crippen LogP contribution in [0.2, 0.25) is 0 Å². The predicted octanol–water partition coefficient (Wildman–Crippen LogP) is 3.82. The second-order valence-electron chi connectivity index (χ2n) is 8.58.